The van der Waals surface area contributed by atoms with Gasteiger partial charge in [-0.1, -0.05) is 30.3 Å². The monoisotopic (exact) mass is 496 g/mol. The lowest BCUT2D eigenvalue weighted by atomic mass is 9.92. The number of piperidine rings is 1. The van der Waals surface area contributed by atoms with E-state index in [0.717, 1.165) is 58.4 Å². The minimum Gasteiger partial charge on any atom is -0.467 e. The van der Waals surface area contributed by atoms with Crippen LogP contribution >= 0.6 is 23.1 Å². The Balaban J connectivity index is 1.21. The molecule has 0 N–H and O–H groups in total. The number of anilines is 1. The van der Waals surface area contributed by atoms with Gasteiger partial charge in [0.25, 0.3) is 5.19 Å². The average Bonchev–Trinajstić information content (AvgIpc) is 3.51. The molecular formula is C24H28N6O2S2. The van der Waals surface area contributed by atoms with Crippen LogP contribution in [0.15, 0.2) is 39.9 Å². The van der Waals surface area contributed by atoms with Crippen molar-refractivity contribution in [2.45, 2.75) is 50.5 Å². The van der Waals surface area contributed by atoms with Crippen molar-refractivity contribution in [2.24, 2.45) is 5.92 Å². The van der Waals surface area contributed by atoms with Gasteiger partial charge in [-0.2, -0.15) is 4.98 Å². The van der Waals surface area contributed by atoms with Crippen LogP contribution < -0.4 is 9.64 Å². The summed E-state index contributed by atoms with van der Waals surface area (Å²) in [5.74, 6) is 1.47. The van der Waals surface area contributed by atoms with E-state index in [9.17, 15) is 0 Å². The first-order valence-corrected chi connectivity index (χ1v) is 13.6. The molecule has 34 heavy (non-hydrogen) atoms. The fourth-order valence-corrected chi connectivity index (χ4v) is 5.28. The number of ether oxygens (including phenoxy) is 1. The van der Waals surface area contributed by atoms with Crippen LogP contribution in [-0.2, 0) is 0 Å². The number of pyridine rings is 2. The van der Waals surface area contributed by atoms with Crippen molar-refractivity contribution >= 4 is 39.5 Å². The van der Waals surface area contributed by atoms with E-state index in [1.165, 1.54) is 11.3 Å². The summed E-state index contributed by atoms with van der Waals surface area (Å²) >= 11 is 3.16. The van der Waals surface area contributed by atoms with Crippen molar-refractivity contribution in [3.8, 4) is 16.6 Å². The van der Waals surface area contributed by atoms with Crippen molar-refractivity contribution in [1.82, 2.24) is 25.1 Å². The van der Waals surface area contributed by atoms with Crippen molar-refractivity contribution in [1.29, 1.82) is 0 Å². The normalized spacial score (nSPS) is 15.9. The van der Waals surface area contributed by atoms with E-state index in [1.54, 1.807) is 11.8 Å². The predicted molar refractivity (Wildman–Crippen MR) is 136 cm³/mol. The number of thioether (sulfide) groups is 1. The number of hydrogen-bond acceptors (Lipinski definition) is 10. The van der Waals surface area contributed by atoms with Crippen LogP contribution in [0.3, 0.4) is 0 Å². The van der Waals surface area contributed by atoms with Crippen molar-refractivity contribution < 1.29 is 9.26 Å². The van der Waals surface area contributed by atoms with Gasteiger partial charge in [-0.25, -0.2) is 9.97 Å². The Morgan fingerprint density at radius 2 is 1.85 bits per heavy atom. The maximum Gasteiger partial charge on any atom is 0.324 e. The number of rotatable bonds is 7. The van der Waals surface area contributed by atoms with Gasteiger partial charge in [-0.3, -0.25) is 4.98 Å². The first-order valence-electron chi connectivity index (χ1n) is 11.5. The SMILES string of the molecule is CSc1ccc(-c2ccc3nc(OC(C)C4CCN(c5nc(C(C)C)no5)CC4)sc3n2)nc1. The van der Waals surface area contributed by atoms with Crippen LogP contribution in [0.4, 0.5) is 6.01 Å². The van der Waals surface area contributed by atoms with Crippen molar-refractivity contribution in [3.63, 3.8) is 0 Å². The summed E-state index contributed by atoms with van der Waals surface area (Å²) < 4.78 is 11.7. The van der Waals surface area contributed by atoms with Crippen LogP contribution in [0.25, 0.3) is 21.7 Å². The number of thiazole rings is 1. The summed E-state index contributed by atoms with van der Waals surface area (Å²) in [5.41, 5.74) is 2.55. The van der Waals surface area contributed by atoms with Gasteiger partial charge >= 0.3 is 6.01 Å². The molecule has 1 aliphatic heterocycles. The summed E-state index contributed by atoms with van der Waals surface area (Å²) in [7, 11) is 0. The lowest BCUT2D eigenvalue weighted by molar-refractivity contribution is 0.131. The molecule has 0 amide bonds. The van der Waals surface area contributed by atoms with Crippen LogP contribution in [0.2, 0.25) is 0 Å². The molecule has 1 unspecified atom stereocenters. The quantitative estimate of drug-likeness (QED) is 0.300. The van der Waals surface area contributed by atoms with Gasteiger partial charge < -0.3 is 14.2 Å². The van der Waals surface area contributed by atoms with Crippen molar-refractivity contribution in [3.05, 3.63) is 36.3 Å². The molecular weight excluding hydrogens is 468 g/mol. The summed E-state index contributed by atoms with van der Waals surface area (Å²) in [6.07, 6.45) is 6.00. The minimum atomic E-state index is 0.0665. The van der Waals surface area contributed by atoms with Gasteiger partial charge in [-0.15, -0.1) is 11.8 Å². The van der Waals surface area contributed by atoms with E-state index in [1.807, 2.05) is 30.7 Å². The molecule has 4 aromatic rings. The van der Waals surface area contributed by atoms with E-state index in [-0.39, 0.29) is 12.0 Å². The highest BCUT2D eigenvalue weighted by atomic mass is 32.2. The number of fused-ring (bicyclic) bond motifs is 1. The molecule has 5 rings (SSSR count). The third-order valence-corrected chi connectivity index (χ3v) is 7.75. The molecule has 10 heteroatoms. The molecule has 1 saturated heterocycles. The van der Waals surface area contributed by atoms with E-state index < -0.39 is 0 Å². The fraction of sp³-hybridized carbons (Fsp3) is 0.458. The summed E-state index contributed by atoms with van der Waals surface area (Å²) in [4.78, 5) is 22.7. The largest absolute Gasteiger partial charge is 0.467 e. The standard InChI is InChI=1S/C24H28N6O2S2/c1-14(2)21-28-23(32-29-21)30-11-9-16(10-12-30)15(3)31-24-27-20-8-7-19(26-22(20)34-24)18-6-5-17(33-4)13-25-18/h5-8,13-16H,9-12H2,1-4H3. The third-order valence-electron chi connectivity index (χ3n) is 6.18. The van der Waals surface area contributed by atoms with Crippen LogP contribution in [0.1, 0.15) is 45.4 Å². The Hall–Kier alpha value is -2.72. The highest BCUT2D eigenvalue weighted by Crippen LogP contribution is 2.32. The Kier molecular flexibility index (Phi) is 6.69. The first-order chi connectivity index (χ1) is 16.5. The second kappa shape index (κ2) is 9.87. The van der Waals surface area contributed by atoms with Gasteiger partial charge in [0.1, 0.15) is 16.5 Å². The summed E-state index contributed by atoms with van der Waals surface area (Å²) in [5, 5.41) is 4.75. The molecule has 4 aromatic heterocycles. The first kappa shape index (κ1) is 23.0. The molecule has 0 aliphatic carbocycles. The summed E-state index contributed by atoms with van der Waals surface area (Å²) in [6.45, 7) is 8.03. The van der Waals surface area contributed by atoms with E-state index >= 15 is 0 Å². The maximum atomic E-state index is 6.27. The zero-order valence-electron chi connectivity index (χ0n) is 19.8. The zero-order chi connectivity index (χ0) is 23.7. The Morgan fingerprint density at radius 3 is 2.53 bits per heavy atom. The molecule has 0 bridgehead atoms. The lowest BCUT2D eigenvalue weighted by Crippen LogP contribution is -2.38. The molecule has 0 radical (unpaired) electrons. The average molecular weight is 497 g/mol. The molecule has 0 spiro atoms. The van der Waals surface area contributed by atoms with Gasteiger partial charge in [0.05, 0.1) is 11.4 Å². The van der Waals surface area contributed by atoms with Crippen molar-refractivity contribution in [2.75, 3.05) is 24.2 Å². The third kappa shape index (κ3) is 4.88. The Morgan fingerprint density at radius 1 is 1.06 bits per heavy atom. The van der Waals surface area contributed by atoms with Gasteiger partial charge in [0, 0.05) is 30.1 Å². The molecule has 0 aromatic carbocycles. The second-order valence-corrected chi connectivity index (χ2v) is 10.6. The predicted octanol–water partition coefficient (Wildman–Crippen LogP) is 5.67. The molecule has 5 heterocycles. The smallest absolute Gasteiger partial charge is 0.324 e. The molecule has 1 fully saturated rings. The fourth-order valence-electron chi connectivity index (χ4n) is 4.05. The second-order valence-electron chi connectivity index (χ2n) is 8.82. The number of aromatic nitrogens is 5. The number of nitrogens with zero attached hydrogens (tertiary/aromatic N) is 6. The van der Waals surface area contributed by atoms with E-state index in [2.05, 4.69) is 51.8 Å². The zero-order valence-corrected chi connectivity index (χ0v) is 21.4. The van der Waals surface area contributed by atoms with E-state index in [4.69, 9.17) is 14.2 Å². The van der Waals surface area contributed by atoms with Gasteiger partial charge in [-0.05, 0) is 56.2 Å². The molecule has 1 atom stereocenters. The lowest BCUT2D eigenvalue weighted by Gasteiger charge is -2.33. The van der Waals surface area contributed by atoms with Crippen LogP contribution in [0, 0.1) is 5.92 Å². The van der Waals surface area contributed by atoms with Crippen LogP contribution in [0.5, 0.6) is 5.19 Å². The number of hydrogen-bond donors (Lipinski definition) is 0. The minimum absolute atomic E-state index is 0.0665. The van der Waals surface area contributed by atoms with Crippen LogP contribution in [-0.4, -0.2) is 50.5 Å². The van der Waals surface area contributed by atoms with E-state index in [0.29, 0.717) is 17.1 Å². The molecule has 1 aliphatic rings. The van der Waals surface area contributed by atoms with Gasteiger partial charge in [0.2, 0.25) is 0 Å². The summed E-state index contributed by atoms with van der Waals surface area (Å²) in [6, 6.07) is 8.65. The molecule has 8 nitrogen and oxygen atoms in total. The Bertz CT molecular complexity index is 1250. The highest BCUT2D eigenvalue weighted by molar-refractivity contribution is 7.98. The highest BCUT2D eigenvalue weighted by Gasteiger charge is 2.28. The Labute approximate surface area is 207 Å². The topological polar surface area (TPSA) is 90.1 Å². The molecule has 178 valence electrons. The van der Waals surface area contributed by atoms with Gasteiger partial charge in [0.15, 0.2) is 5.82 Å². The molecule has 0 saturated carbocycles. The maximum absolute atomic E-state index is 6.27.